The highest BCUT2D eigenvalue weighted by Crippen LogP contribution is 2.38. The first-order valence-corrected chi connectivity index (χ1v) is 8.89. The molecule has 1 fully saturated rings. The van der Waals surface area contributed by atoms with Crippen LogP contribution in [-0.4, -0.2) is 21.5 Å². The Morgan fingerprint density at radius 2 is 1.86 bits per heavy atom. The highest BCUT2D eigenvalue weighted by atomic mass is 32.2. The molecule has 118 valence electrons. The van der Waals surface area contributed by atoms with E-state index in [0.29, 0.717) is 16.7 Å². The van der Waals surface area contributed by atoms with Crippen molar-refractivity contribution >= 4 is 21.4 Å². The molecular weight excluding hydrogens is 286 g/mol. The van der Waals surface area contributed by atoms with E-state index >= 15 is 0 Å². The van der Waals surface area contributed by atoms with Crippen LogP contribution in [0.4, 0.5) is 11.4 Å². The number of hydrogen-bond acceptors (Lipinski definition) is 4. The molecule has 21 heavy (non-hydrogen) atoms. The maximum absolute atomic E-state index is 11.7. The van der Waals surface area contributed by atoms with Crippen LogP contribution in [0.2, 0.25) is 0 Å². The lowest BCUT2D eigenvalue weighted by atomic mass is 9.78. The SMILES string of the molecule is CCC1(C)CCN(c2cc(N)cc(S(N)(=O)=O)c2C)CC1. The minimum Gasteiger partial charge on any atom is -0.399 e. The molecule has 0 aromatic heterocycles. The van der Waals surface area contributed by atoms with Gasteiger partial charge in [0.2, 0.25) is 10.0 Å². The van der Waals surface area contributed by atoms with E-state index in [1.54, 1.807) is 6.92 Å². The molecule has 1 saturated heterocycles. The summed E-state index contributed by atoms with van der Waals surface area (Å²) in [5, 5.41) is 5.29. The Balaban J connectivity index is 2.36. The summed E-state index contributed by atoms with van der Waals surface area (Å²) in [5.41, 5.74) is 8.25. The average Bonchev–Trinajstić information content (AvgIpc) is 2.41. The van der Waals surface area contributed by atoms with Crippen LogP contribution in [0.3, 0.4) is 0 Å². The van der Waals surface area contributed by atoms with Crippen molar-refractivity contribution in [3.8, 4) is 0 Å². The quantitative estimate of drug-likeness (QED) is 0.838. The van der Waals surface area contributed by atoms with E-state index in [9.17, 15) is 8.42 Å². The lowest BCUT2D eigenvalue weighted by Crippen LogP contribution is -2.39. The zero-order valence-corrected chi connectivity index (χ0v) is 13.8. The third kappa shape index (κ3) is 3.32. The summed E-state index contributed by atoms with van der Waals surface area (Å²) >= 11 is 0. The van der Waals surface area contributed by atoms with Crippen LogP contribution in [0, 0.1) is 12.3 Å². The Kier molecular flexibility index (Phi) is 4.22. The number of hydrogen-bond donors (Lipinski definition) is 2. The van der Waals surface area contributed by atoms with Crippen LogP contribution >= 0.6 is 0 Å². The third-order valence-corrected chi connectivity index (χ3v) is 5.86. The summed E-state index contributed by atoms with van der Waals surface area (Å²) < 4.78 is 23.4. The largest absolute Gasteiger partial charge is 0.399 e. The van der Waals surface area contributed by atoms with Gasteiger partial charge in [0.25, 0.3) is 0 Å². The molecule has 0 aliphatic carbocycles. The molecule has 1 aromatic rings. The Morgan fingerprint density at radius 3 is 2.33 bits per heavy atom. The number of sulfonamides is 1. The number of piperidine rings is 1. The van der Waals surface area contributed by atoms with Crippen molar-refractivity contribution < 1.29 is 8.42 Å². The number of anilines is 2. The first-order chi connectivity index (χ1) is 9.66. The van der Waals surface area contributed by atoms with Crippen molar-refractivity contribution in [2.75, 3.05) is 23.7 Å². The Labute approximate surface area is 127 Å². The van der Waals surface area contributed by atoms with Gasteiger partial charge < -0.3 is 10.6 Å². The standard InChI is InChI=1S/C15H25N3O2S/c1-4-15(3)5-7-18(8-6-15)13-9-12(16)10-14(11(13)2)21(17,19)20/h9-10H,4-8,16H2,1-3H3,(H2,17,19,20). The lowest BCUT2D eigenvalue weighted by molar-refractivity contribution is 0.238. The van der Waals surface area contributed by atoms with Gasteiger partial charge in [-0.1, -0.05) is 20.3 Å². The molecule has 6 heteroatoms. The van der Waals surface area contributed by atoms with Gasteiger partial charge in [-0.05, 0) is 42.9 Å². The molecule has 0 unspecified atom stereocenters. The molecule has 0 radical (unpaired) electrons. The topological polar surface area (TPSA) is 89.4 Å². The minimum absolute atomic E-state index is 0.126. The van der Waals surface area contributed by atoms with Crippen LogP contribution in [0.25, 0.3) is 0 Å². The normalized spacial score (nSPS) is 18.8. The molecule has 0 bridgehead atoms. The highest BCUT2D eigenvalue weighted by Gasteiger charge is 2.29. The highest BCUT2D eigenvalue weighted by molar-refractivity contribution is 7.89. The van der Waals surface area contributed by atoms with Crippen molar-refractivity contribution in [3.05, 3.63) is 17.7 Å². The number of rotatable bonds is 3. The summed E-state index contributed by atoms with van der Waals surface area (Å²) in [4.78, 5) is 2.35. The van der Waals surface area contributed by atoms with Gasteiger partial charge in [0.1, 0.15) is 0 Å². The molecule has 0 saturated carbocycles. The second-order valence-electron chi connectivity index (χ2n) is 6.36. The second kappa shape index (κ2) is 5.50. The molecule has 1 aliphatic rings. The predicted octanol–water partition coefficient (Wildman–Crippen LogP) is 2.24. The van der Waals surface area contributed by atoms with Crippen molar-refractivity contribution in [1.82, 2.24) is 0 Å². The average molecular weight is 311 g/mol. The smallest absolute Gasteiger partial charge is 0.238 e. The maximum atomic E-state index is 11.7. The van der Waals surface area contributed by atoms with E-state index < -0.39 is 10.0 Å². The van der Waals surface area contributed by atoms with Gasteiger partial charge in [-0.2, -0.15) is 0 Å². The summed E-state index contributed by atoms with van der Waals surface area (Å²) in [6.07, 6.45) is 3.37. The summed E-state index contributed by atoms with van der Waals surface area (Å²) in [6, 6.07) is 3.28. The van der Waals surface area contributed by atoms with Crippen LogP contribution in [0.5, 0.6) is 0 Å². The van der Waals surface area contributed by atoms with Gasteiger partial charge in [0, 0.05) is 24.5 Å². The lowest BCUT2D eigenvalue weighted by Gasteiger charge is -2.40. The molecule has 2 rings (SSSR count). The second-order valence-corrected chi connectivity index (χ2v) is 7.89. The maximum Gasteiger partial charge on any atom is 0.238 e. The van der Waals surface area contributed by atoms with Gasteiger partial charge in [-0.3, -0.25) is 0 Å². The van der Waals surface area contributed by atoms with Crippen molar-refractivity contribution in [1.29, 1.82) is 0 Å². The number of benzene rings is 1. The van der Waals surface area contributed by atoms with E-state index in [1.807, 2.05) is 6.07 Å². The van der Waals surface area contributed by atoms with E-state index in [4.69, 9.17) is 10.9 Å². The van der Waals surface area contributed by atoms with Gasteiger partial charge in [0.05, 0.1) is 4.90 Å². The van der Waals surface area contributed by atoms with E-state index in [0.717, 1.165) is 31.6 Å². The molecule has 0 amide bonds. The molecule has 0 atom stereocenters. The Bertz CT molecular complexity index is 633. The Morgan fingerprint density at radius 1 is 1.29 bits per heavy atom. The summed E-state index contributed by atoms with van der Waals surface area (Å²) in [7, 11) is -3.75. The molecule has 1 heterocycles. The first-order valence-electron chi connectivity index (χ1n) is 7.34. The van der Waals surface area contributed by atoms with Gasteiger partial charge in [0.15, 0.2) is 0 Å². The van der Waals surface area contributed by atoms with E-state index in [1.165, 1.54) is 12.5 Å². The van der Waals surface area contributed by atoms with Crippen LogP contribution in [0.1, 0.15) is 38.7 Å². The molecule has 5 nitrogen and oxygen atoms in total. The number of nitrogens with zero attached hydrogens (tertiary/aromatic N) is 1. The van der Waals surface area contributed by atoms with Gasteiger partial charge in [-0.25, -0.2) is 13.6 Å². The molecule has 4 N–H and O–H groups in total. The van der Waals surface area contributed by atoms with Gasteiger partial charge >= 0.3 is 0 Å². The third-order valence-electron chi connectivity index (χ3n) is 4.83. The fourth-order valence-electron chi connectivity index (χ4n) is 2.96. The number of primary sulfonamides is 1. The number of nitrogen functional groups attached to an aromatic ring is 1. The first kappa shape index (κ1) is 16.1. The predicted molar refractivity (Wildman–Crippen MR) is 86.8 cm³/mol. The van der Waals surface area contributed by atoms with Crippen LogP contribution < -0.4 is 15.8 Å². The van der Waals surface area contributed by atoms with Crippen molar-refractivity contribution in [2.24, 2.45) is 10.6 Å². The molecule has 0 spiro atoms. The van der Waals surface area contributed by atoms with Crippen LogP contribution in [-0.2, 0) is 10.0 Å². The Hall–Kier alpha value is -1.27. The van der Waals surface area contributed by atoms with Crippen molar-refractivity contribution in [2.45, 2.75) is 44.9 Å². The van der Waals surface area contributed by atoms with E-state index in [-0.39, 0.29) is 4.90 Å². The monoisotopic (exact) mass is 311 g/mol. The number of nitrogens with two attached hydrogens (primary N) is 2. The summed E-state index contributed by atoms with van der Waals surface area (Å²) in [5.74, 6) is 0. The molecular formula is C15H25N3O2S. The minimum atomic E-state index is -3.75. The van der Waals surface area contributed by atoms with E-state index in [2.05, 4.69) is 18.7 Å². The zero-order chi connectivity index (χ0) is 15.8. The van der Waals surface area contributed by atoms with Crippen molar-refractivity contribution in [3.63, 3.8) is 0 Å². The van der Waals surface area contributed by atoms with Gasteiger partial charge in [-0.15, -0.1) is 0 Å². The summed E-state index contributed by atoms with van der Waals surface area (Å²) in [6.45, 7) is 8.16. The van der Waals surface area contributed by atoms with Crippen LogP contribution in [0.15, 0.2) is 17.0 Å². The molecule has 1 aliphatic heterocycles. The fourth-order valence-corrected chi connectivity index (χ4v) is 3.79. The zero-order valence-electron chi connectivity index (χ0n) is 13.0. The molecule has 1 aromatic carbocycles. The fraction of sp³-hybridized carbons (Fsp3) is 0.600.